The van der Waals surface area contributed by atoms with E-state index in [0.717, 1.165) is 25.3 Å². The predicted molar refractivity (Wildman–Crippen MR) is 69.4 cm³/mol. The van der Waals surface area contributed by atoms with Crippen LogP contribution in [0.15, 0.2) is 36.9 Å². The predicted octanol–water partition coefficient (Wildman–Crippen LogP) is 2.57. The summed E-state index contributed by atoms with van der Waals surface area (Å²) in [5.41, 5.74) is 2.33. The van der Waals surface area contributed by atoms with E-state index in [4.69, 9.17) is 4.74 Å². The average molecular weight is 219 g/mol. The molecule has 0 aliphatic carbocycles. The molecule has 0 heterocycles. The smallest absolute Gasteiger partial charge is 0.0499 e. The lowest BCUT2D eigenvalue weighted by Gasteiger charge is -2.12. The minimum atomic E-state index is 0.536. The first-order chi connectivity index (χ1) is 7.74. The van der Waals surface area contributed by atoms with Gasteiger partial charge in [-0.15, -0.1) is 0 Å². The molecule has 0 spiro atoms. The van der Waals surface area contributed by atoms with Crippen LogP contribution >= 0.6 is 0 Å². The summed E-state index contributed by atoms with van der Waals surface area (Å²) in [5.74, 6) is 0.536. The molecule has 0 aliphatic rings. The first kappa shape index (κ1) is 12.9. The maximum absolute atomic E-state index is 5.08. The Morgan fingerprint density at radius 2 is 2.06 bits per heavy atom. The Kier molecular flexibility index (Phi) is 5.83. The molecule has 0 aromatic heterocycles. The number of ether oxygens (including phenoxy) is 1. The third-order valence-corrected chi connectivity index (χ3v) is 2.46. The van der Waals surface area contributed by atoms with Gasteiger partial charge in [0.15, 0.2) is 0 Å². The first-order valence-electron chi connectivity index (χ1n) is 5.67. The molecular weight excluding hydrogens is 198 g/mol. The minimum Gasteiger partial charge on any atom is -0.384 e. The normalized spacial score (nSPS) is 12.4. The van der Waals surface area contributed by atoms with Crippen LogP contribution in [0, 0.1) is 5.92 Å². The first-order valence-corrected chi connectivity index (χ1v) is 5.67. The Balaban J connectivity index is 2.26. The molecule has 0 fully saturated rings. The van der Waals surface area contributed by atoms with E-state index in [0.29, 0.717) is 5.92 Å². The van der Waals surface area contributed by atoms with Crippen LogP contribution in [0.1, 0.15) is 12.5 Å². The van der Waals surface area contributed by atoms with Crippen LogP contribution < -0.4 is 5.32 Å². The van der Waals surface area contributed by atoms with Gasteiger partial charge in [-0.3, -0.25) is 0 Å². The Labute approximate surface area is 98.3 Å². The topological polar surface area (TPSA) is 21.3 Å². The van der Waals surface area contributed by atoms with E-state index in [1.165, 1.54) is 5.56 Å². The summed E-state index contributed by atoms with van der Waals surface area (Å²) in [6.07, 6.45) is 0. The van der Waals surface area contributed by atoms with Crippen molar-refractivity contribution in [2.45, 2.75) is 6.92 Å². The van der Waals surface area contributed by atoms with E-state index >= 15 is 0 Å². The van der Waals surface area contributed by atoms with Gasteiger partial charge in [0, 0.05) is 26.8 Å². The molecule has 1 atom stereocenters. The van der Waals surface area contributed by atoms with Crippen molar-refractivity contribution in [3.63, 3.8) is 0 Å². The van der Waals surface area contributed by atoms with Crippen molar-refractivity contribution in [2.24, 2.45) is 5.92 Å². The fourth-order valence-electron chi connectivity index (χ4n) is 1.59. The minimum absolute atomic E-state index is 0.536. The maximum atomic E-state index is 5.08. The number of hydrogen-bond donors (Lipinski definition) is 1. The second kappa shape index (κ2) is 7.20. The third kappa shape index (κ3) is 4.60. The van der Waals surface area contributed by atoms with E-state index in [1.807, 2.05) is 18.2 Å². The quantitative estimate of drug-likeness (QED) is 0.761. The highest BCUT2D eigenvalue weighted by Gasteiger charge is 2.01. The fraction of sp³-hybridized carbons (Fsp3) is 0.429. The largest absolute Gasteiger partial charge is 0.384 e. The molecule has 0 radical (unpaired) electrons. The number of nitrogens with one attached hydrogen (secondary N) is 1. The number of benzene rings is 1. The maximum Gasteiger partial charge on any atom is 0.0499 e. The van der Waals surface area contributed by atoms with Crippen LogP contribution in [-0.2, 0) is 4.74 Å². The Morgan fingerprint density at radius 1 is 1.38 bits per heavy atom. The van der Waals surface area contributed by atoms with Crippen molar-refractivity contribution < 1.29 is 4.74 Å². The van der Waals surface area contributed by atoms with Crippen molar-refractivity contribution in [1.29, 1.82) is 0 Å². The van der Waals surface area contributed by atoms with E-state index in [-0.39, 0.29) is 0 Å². The Hall–Kier alpha value is -1.12. The standard InChI is InChI=1S/C14H21NO/c1-12(11-16-3)9-15-10-13(2)14-7-5-4-6-8-14/h4-8,12,15H,2,9-11H2,1,3H3. The van der Waals surface area contributed by atoms with E-state index in [1.54, 1.807) is 7.11 Å². The van der Waals surface area contributed by atoms with Crippen molar-refractivity contribution in [3.8, 4) is 0 Å². The molecule has 0 saturated carbocycles. The molecule has 1 unspecified atom stereocenters. The number of hydrogen-bond acceptors (Lipinski definition) is 2. The summed E-state index contributed by atoms with van der Waals surface area (Å²) in [4.78, 5) is 0. The third-order valence-electron chi connectivity index (χ3n) is 2.46. The van der Waals surface area contributed by atoms with Gasteiger partial charge in [-0.25, -0.2) is 0 Å². The molecule has 2 nitrogen and oxygen atoms in total. The summed E-state index contributed by atoms with van der Waals surface area (Å²) in [5, 5.41) is 3.39. The van der Waals surface area contributed by atoms with E-state index in [9.17, 15) is 0 Å². The van der Waals surface area contributed by atoms with Crippen LogP contribution in [0.3, 0.4) is 0 Å². The summed E-state index contributed by atoms with van der Waals surface area (Å²) in [6.45, 7) is 8.83. The lowest BCUT2D eigenvalue weighted by atomic mass is 10.1. The Morgan fingerprint density at radius 3 is 2.69 bits per heavy atom. The average Bonchev–Trinajstić information content (AvgIpc) is 2.30. The summed E-state index contributed by atoms with van der Waals surface area (Å²) in [6, 6.07) is 10.3. The zero-order chi connectivity index (χ0) is 11.8. The summed E-state index contributed by atoms with van der Waals surface area (Å²) >= 11 is 0. The second-order valence-corrected chi connectivity index (χ2v) is 4.16. The summed E-state index contributed by atoms with van der Waals surface area (Å²) < 4.78 is 5.08. The van der Waals surface area contributed by atoms with E-state index < -0.39 is 0 Å². The monoisotopic (exact) mass is 219 g/mol. The van der Waals surface area contributed by atoms with Gasteiger partial charge >= 0.3 is 0 Å². The van der Waals surface area contributed by atoms with Gasteiger partial charge in [0.25, 0.3) is 0 Å². The molecule has 1 N–H and O–H groups in total. The summed E-state index contributed by atoms with van der Waals surface area (Å²) in [7, 11) is 1.74. The molecule has 1 aromatic rings. The van der Waals surface area contributed by atoms with Gasteiger partial charge in [0.2, 0.25) is 0 Å². The molecule has 1 rings (SSSR count). The lowest BCUT2D eigenvalue weighted by molar-refractivity contribution is 0.159. The van der Waals surface area contributed by atoms with Crippen molar-refractivity contribution in [1.82, 2.24) is 5.32 Å². The molecule has 0 amide bonds. The zero-order valence-corrected chi connectivity index (χ0v) is 10.2. The van der Waals surface area contributed by atoms with Gasteiger partial charge in [0.05, 0.1) is 0 Å². The second-order valence-electron chi connectivity index (χ2n) is 4.16. The van der Waals surface area contributed by atoms with Gasteiger partial charge in [0.1, 0.15) is 0 Å². The van der Waals surface area contributed by atoms with Crippen molar-refractivity contribution >= 4 is 5.57 Å². The van der Waals surface area contributed by atoms with Gasteiger partial charge in [-0.05, 0) is 17.1 Å². The van der Waals surface area contributed by atoms with E-state index in [2.05, 4.69) is 31.0 Å². The molecule has 0 saturated heterocycles. The van der Waals surface area contributed by atoms with Gasteiger partial charge in [-0.2, -0.15) is 0 Å². The zero-order valence-electron chi connectivity index (χ0n) is 10.2. The highest BCUT2D eigenvalue weighted by molar-refractivity contribution is 5.64. The molecule has 1 aromatic carbocycles. The van der Waals surface area contributed by atoms with Gasteiger partial charge in [-0.1, -0.05) is 43.8 Å². The molecule has 88 valence electrons. The molecule has 0 bridgehead atoms. The van der Waals surface area contributed by atoms with Gasteiger partial charge < -0.3 is 10.1 Å². The van der Waals surface area contributed by atoms with Crippen LogP contribution in [0.4, 0.5) is 0 Å². The Bertz CT molecular complexity index is 308. The van der Waals surface area contributed by atoms with Crippen LogP contribution in [0.5, 0.6) is 0 Å². The SMILES string of the molecule is C=C(CNCC(C)COC)c1ccccc1. The number of rotatable bonds is 7. The lowest BCUT2D eigenvalue weighted by Crippen LogP contribution is -2.25. The van der Waals surface area contributed by atoms with Crippen LogP contribution in [0.2, 0.25) is 0 Å². The fourth-order valence-corrected chi connectivity index (χ4v) is 1.59. The highest BCUT2D eigenvalue weighted by Crippen LogP contribution is 2.09. The van der Waals surface area contributed by atoms with Crippen LogP contribution in [0.25, 0.3) is 5.57 Å². The van der Waals surface area contributed by atoms with Crippen molar-refractivity contribution in [2.75, 3.05) is 26.8 Å². The highest BCUT2D eigenvalue weighted by atomic mass is 16.5. The molecule has 2 heteroatoms. The van der Waals surface area contributed by atoms with Crippen LogP contribution in [-0.4, -0.2) is 26.8 Å². The van der Waals surface area contributed by atoms with Crippen molar-refractivity contribution in [3.05, 3.63) is 42.5 Å². The molecule has 16 heavy (non-hydrogen) atoms. The molecular formula is C14H21NO. The molecule has 0 aliphatic heterocycles. The number of methoxy groups -OCH3 is 1.